The van der Waals surface area contributed by atoms with Gasteiger partial charge in [0, 0.05) is 17.1 Å². The van der Waals surface area contributed by atoms with Gasteiger partial charge in [-0.05, 0) is 31.7 Å². The van der Waals surface area contributed by atoms with E-state index in [2.05, 4.69) is 15.3 Å². The first kappa shape index (κ1) is 12.1. The van der Waals surface area contributed by atoms with E-state index in [-0.39, 0.29) is 11.5 Å². The van der Waals surface area contributed by atoms with Gasteiger partial charge in [-0.1, -0.05) is 0 Å². The number of anilines is 1. The molecular weight excluding hydrogens is 262 g/mol. The standard InChI is InChI=1S/C13H13N3O2S/c17-11-6-5-8(7-14-11)12(18)16-13-15-9-3-1-2-4-10(9)19-13/h5-7H,1-4H2,(H,14,17)(H,15,16,18). The number of thiazole rings is 1. The second-order valence-corrected chi connectivity index (χ2v) is 5.58. The lowest BCUT2D eigenvalue weighted by atomic mass is 10.0. The minimum Gasteiger partial charge on any atom is -0.328 e. The van der Waals surface area contributed by atoms with E-state index >= 15 is 0 Å². The van der Waals surface area contributed by atoms with Gasteiger partial charge in [-0.15, -0.1) is 11.3 Å². The third-order valence-electron chi connectivity index (χ3n) is 3.11. The summed E-state index contributed by atoms with van der Waals surface area (Å²) in [5.41, 5.74) is 1.32. The summed E-state index contributed by atoms with van der Waals surface area (Å²) in [7, 11) is 0. The monoisotopic (exact) mass is 275 g/mol. The third-order valence-corrected chi connectivity index (χ3v) is 4.19. The Morgan fingerprint density at radius 3 is 2.89 bits per heavy atom. The van der Waals surface area contributed by atoms with Crippen LogP contribution in [0.15, 0.2) is 23.1 Å². The number of carbonyl (C=O) groups excluding carboxylic acids is 1. The number of aromatic nitrogens is 2. The molecule has 0 bridgehead atoms. The van der Waals surface area contributed by atoms with Crippen molar-refractivity contribution in [3.8, 4) is 0 Å². The number of H-pyrrole nitrogens is 1. The molecule has 0 saturated heterocycles. The SMILES string of the molecule is O=C(Nc1nc2c(s1)CCCC2)c1ccc(=O)[nH]c1. The van der Waals surface area contributed by atoms with Crippen molar-refractivity contribution in [2.45, 2.75) is 25.7 Å². The van der Waals surface area contributed by atoms with Crippen molar-refractivity contribution in [1.29, 1.82) is 0 Å². The Morgan fingerprint density at radius 2 is 2.16 bits per heavy atom. The molecule has 0 aromatic carbocycles. The number of nitrogens with one attached hydrogen (secondary N) is 2. The topological polar surface area (TPSA) is 74.8 Å². The van der Waals surface area contributed by atoms with Crippen LogP contribution in [-0.4, -0.2) is 15.9 Å². The molecule has 19 heavy (non-hydrogen) atoms. The van der Waals surface area contributed by atoms with E-state index in [0.29, 0.717) is 10.7 Å². The minimum absolute atomic E-state index is 0.221. The fourth-order valence-electron chi connectivity index (χ4n) is 2.13. The predicted molar refractivity (Wildman–Crippen MR) is 73.8 cm³/mol. The fourth-order valence-corrected chi connectivity index (χ4v) is 3.17. The average molecular weight is 275 g/mol. The van der Waals surface area contributed by atoms with Crippen molar-refractivity contribution in [2.75, 3.05) is 5.32 Å². The zero-order valence-corrected chi connectivity index (χ0v) is 11.0. The van der Waals surface area contributed by atoms with Crippen molar-refractivity contribution in [3.63, 3.8) is 0 Å². The Labute approximate surface area is 113 Å². The molecule has 1 aliphatic rings. The number of amides is 1. The zero-order chi connectivity index (χ0) is 13.2. The summed E-state index contributed by atoms with van der Waals surface area (Å²) in [6.45, 7) is 0. The molecule has 2 N–H and O–H groups in total. The number of aromatic amines is 1. The van der Waals surface area contributed by atoms with Crippen LogP contribution in [0.3, 0.4) is 0 Å². The molecule has 5 nitrogen and oxygen atoms in total. The third kappa shape index (κ3) is 2.58. The van der Waals surface area contributed by atoms with Gasteiger partial charge >= 0.3 is 0 Å². The summed E-state index contributed by atoms with van der Waals surface area (Å²) in [6, 6.07) is 2.84. The number of carbonyl (C=O) groups is 1. The van der Waals surface area contributed by atoms with Crippen LogP contribution < -0.4 is 10.9 Å². The maximum atomic E-state index is 12.0. The van der Waals surface area contributed by atoms with E-state index in [1.807, 2.05) is 0 Å². The van der Waals surface area contributed by atoms with Crippen molar-refractivity contribution >= 4 is 22.4 Å². The number of hydrogen-bond acceptors (Lipinski definition) is 4. The zero-order valence-electron chi connectivity index (χ0n) is 10.2. The number of nitrogens with zero attached hydrogens (tertiary/aromatic N) is 1. The van der Waals surface area contributed by atoms with Gasteiger partial charge in [-0.25, -0.2) is 4.98 Å². The number of rotatable bonds is 2. The average Bonchev–Trinajstić information content (AvgIpc) is 2.81. The minimum atomic E-state index is -0.248. The van der Waals surface area contributed by atoms with E-state index in [4.69, 9.17) is 0 Å². The lowest BCUT2D eigenvalue weighted by molar-refractivity contribution is 0.102. The van der Waals surface area contributed by atoms with Gasteiger partial charge in [0.05, 0.1) is 11.3 Å². The Bertz CT molecular complexity index is 631. The normalized spacial score (nSPS) is 13.9. The molecule has 0 spiro atoms. The molecule has 98 valence electrons. The molecule has 0 radical (unpaired) electrons. The highest BCUT2D eigenvalue weighted by Gasteiger charge is 2.16. The van der Waals surface area contributed by atoms with Crippen LogP contribution in [-0.2, 0) is 12.8 Å². The maximum Gasteiger partial charge on any atom is 0.258 e. The summed E-state index contributed by atoms with van der Waals surface area (Å²) in [4.78, 5) is 31.1. The maximum absolute atomic E-state index is 12.0. The highest BCUT2D eigenvalue weighted by Crippen LogP contribution is 2.29. The van der Waals surface area contributed by atoms with Crippen LogP contribution in [0.4, 0.5) is 5.13 Å². The summed E-state index contributed by atoms with van der Waals surface area (Å²) in [5, 5.41) is 3.42. The molecule has 0 unspecified atom stereocenters. The van der Waals surface area contributed by atoms with E-state index in [9.17, 15) is 9.59 Å². The molecule has 2 aromatic rings. The van der Waals surface area contributed by atoms with Gasteiger partial charge in [0.15, 0.2) is 5.13 Å². The van der Waals surface area contributed by atoms with Crippen LogP contribution in [0.1, 0.15) is 33.8 Å². The number of fused-ring (bicyclic) bond motifs is 1. The lowest BCUT2D eigenvalue weighted by Crippen LogP contribution is -2.14. The molecule has 3 rings (SSSR count). The summed E-state index contributed by atoms with van der Waals surface area (Å²) < 4.78 is 0. The summed E-state index contributed by atoms with van der Waals surface area (Å²) in [5.74, 6) is -0.248. The van der Waals surface area contributed by atoms with Gasteiger partial charge in [-0.3, -0.25) is 14.9 Å². The molecule has 0 fully saturated rings. The lowest BCUT2D eigenvalue weighted by Gasteiger charge is -2.06. The van der Waals surface area contributed by atoms with Gasteiger partial charge in [0.1, 0.15) is 0 Å². The van der Waals surface area contributed by atoms with Crippen molar-refractivity contribution in [3.05, 3.63) is 44.8 Å². The second kappa shape index (κ2) is 4.97. The van der Waals surface area contributed by atoms with Crippen molar-refractivity contribution < 1.29 is 4.79 Å². The second-order valence-electron chi connectivity index (χ2n) is 4.49. The first-order chi connectivity index (χ1) is 9.22. The van der Waals surface area contributed by atoms with Crippen LogP contribution in [0.2, 0.25) is 0 Å². The van der Waals surface area contributed by atoms with Crippen LogP contribution >= 0.6 is 11.3 Å². The molecule has 2 aromatic heterocycles. The smallest absolute Gasteiger partial charge is 0.258 e. The molecular formula is C13H13N3O2S. The van der Waals surface area contributed by atoms with Crippen LogP contribution in [0.5, 0.6) is 0 Å². The quantitative estimate of drug-likeness (QED) is 0.879. The van der Waals surface area contributed by atoms with Crippen molar-refractivity contribution in [1.82, 2.24) is 9.97 Å². The highest BCUT2D eigenvalue weighted by molar-refractivity contribution is 7.15. The van der Waals surface area contributed by atoms with E-state index < -0.39 is 0 Å². The van der Waals surface area contributed by atoms with Gasteiger partial charge in [0.2, 0.25) is 5.56 Å². The number of aryl methyl sites for hydroxylation is 2. The van der Waals surface area contributed by atoms with Crippen LogP contribution in [0.25, 0.3) is 0 Å². The number of hydrogen-bond donors (Lipinski definition) is 2. The first-order valence-corrected chi connectivity index (χ1v) is 7.03. The Kier molecular flexibility index (Phi) is 3.16. The highest BCUT2D eigenvalue weighted by atomic mass is 32.1. The molecule has 1 amide bonds. The van der Waals surface area contributed by atoms with E-state index in [0.717, 1.165) is 18.5 Å². The molecule has 0 saturated carbocycles. The van der Waals surface area contributed by atoms with Crippen molar-refractivity contribution in [2.24, 2.45) is 0 Å². The molecule has 1 aliphatic carbocycles. The van der Waals surface area contributed by atoms with Gasteiger partial charge in [0.25, 0.3) is 5.91 Å². The Morgan fingerprint density at radius 1 is 1.32 bits per heavy atom. The summed E-state index contributed by atoms with van der Waals surface area (Å²) in [6.07, 6.45) is 5.83. The van der Waals surface area contributed by atoms with Crippen LogP contribution in [0, 0.1) is 0 Å². The molecule has 0 aliphatic heterocycles. The molecule has 2 heterocycles. The Hall–Kier alpha value is -1.95. The van der Waals surface area contributed by atoms with Gasteiger partial charge < -0.3 is 4.98 Å². The predicted octanol–water partition coefficient (Wildman–Crippen LogP) is 1.96. The first-order valence-electron chi connectivity index (χ1n) is 6.21. The van der Waals surface area contributed by atoms with E-state index in [1.54, 1.807) is 11.3 Å². The molecule has 0 atom stereocenters. The van der Waals surface area contributed by atoms with Gasteiger partial charge in [-0.2, -0.15) is 0 Å². The summed E-state index contributed by atoms with van der Waals surface area (Å²) >= 11 is 1.55. The fraction of sp³-hybridized carbons (Fsp3) is 0.308. The van der Waals surface area contributed by atoms with E-state index in [1.165, 1.54) is 36.0 Å². The largest absolute Gasteiger partial charge is 0.328 e. The number of pyridine rings is 1. The Balaban J connectivity index is 1.77. The molecule has 6 heteroatoms.